The Morgan fingerprint density at radius 3 is 2.50 bits per heavy atom. The van der Waals surface area contributed by atoms with Gasteiger partial charge in [-0.25, -0.2) is 0 Å². The van der Waals surface area contributed by atoms with E-state index < -0.39 is 0 Å². The van der Waals surface area contributed by atoms with Crippen LogP contribution >= 0.6 is 0 Å². The fraction of sp³-hybridized carbons (Fsp3) is 0.800. The number of nitrogens with zero attached hydrogens (tertiary/aromatic N) is 1. The molecule has 2 nitrogen and oxygen atoms in total. The Labute approximate surface area is 75.1 Å². The molecule has 2 N–H and O–H groups in total. The molecule has 1 aliphatic rings. The van der Waals surface area contributed by atoms with Crippen molar-refractivity contribution < 1.29 is 0 Å². The van der Waals surface area contributed by atoms with Crippen molar-refractivity contribution in [1.82, 2.24) is 4.90 Å². The van der Waals surface area contributed by atoms with Crippen LogP contribution in [0.25, 0.3) is 0 Å². The zero-order chi connectivity index (χ0) is 9.03. The van der Waals surface area contributed by atoms with E-state index in [0.717, 1.165) is 13.1 Å². The SMILES string of the molecule is CC#CCN(C)C1(CN)CCC1. The largest absolute Gasteiger partial charge is 0.329 e. The Kier molecular flexibility index (Phi) is 3.13. The van der Waals surface area contributed by atoms with Crippen LogP contribution in [0.2, 0.25) is 0 Å². The highest BCUT2D eigenvalue weighted by atomic mass is 15.2. The van der Waals surface area contributed by atoms with E-state index in [9.17, 15) is 0 Å². The Morgan fingerprint density at radius 1 is 1.50 bits per heavy atom. The molecule has 0 amide bonds. The number of rotatable bonds is 3. The maximum absolute atomic E-state index is 5.75. The highest BCUT2D eigenvalue weighted by molar-refractivity contribution is 5.04. The molecular weight excluding hydrogens is 148 g/mol. The summed E-state index contributed by atoms with van der Waals surface area (Å²) < 4.78 is 0. The number of nitrogens with two attached hydrogens (primary N) is 1. The van der Waals surface area contributed by atoms with Gasteiger partial charge in [0.2, 0.25) is 0 Å². The molecule has 0 heterocycles. The van der Waals surface area contributed by atoms with Gasteiger partial charge in [-0.05, 0) is 33.2 Å². The summed E-state index contributed by atoms with van der Waals surface area (Å²) in [6, 6.07) is 0. The van der Waals surface area contributed by atoms with Gasteiger partial charge in [0, 0.05) is 12.1 Å². The van der Waals surface area contributed by atoms with Crippen LogP contribution in [0.4, 0.5) is 0 Å². The van der Waals surface area contributed by atoms with E-state index in [2.05, 4.69) is 23.8 Å². The maximum Gasteiger partial charge on any atom is 0.0603 e. The van der Waals surface area contributed by atoms with Crippen LogP contribution in [0.15, 0.2) is 0 Å². The first-order valence-electron chi connectivity index (χ1n) is 4.56. The van der Waals surface area contributed by atoms with Gasteiger partial charge in [-0.1, -0.05) is 5.92 Å². The Hall–Kier alpha value is -0.520. The van der Waals surface area contributed by atoms with E-state index >= 15 is 0 Å². The zero-order valence-corrected chi connectivity index (χ0v) is 8.06. The smallest absolute Gasteiger partial charge is 0.0603 e. The quantitative estimate of drug-likeness (QED) is 0.629. The molecule has 0 atom stereocenters. The van der Waals surface area contributed by atoms with Gasteiger partial charge >= 0.3 is 0 Å². The van der Waals surface area contributed by atoms with Gasteiger partial charge in [0.15, 0.2) is 0 Å². The van der Waals surface area contributed by atoms with Crippen molar-refractivity contribution in [1.29, 1.82) is 0 Å². The Balaban J connectivity index is 2.46. The molecule has 0 aromatic carbocycles. The lowest BCUT2D eigenvalue weighted by Crippen LogP contribution is -2.56. The minimum Gasteiger partial charge on any atom is -0.329 e. The first kappa shape index (κ1) is 9.57. The predicted molar refractivity (Wildman–Crippen MR) is 51.7 cm³/mol. The van der Waals surface area contributed by atoms with E-state index in [-0.39, 0.29) is 5.54 Å². The van der Waals surface area contributed by atoms with Crippen molar-refractivity contribution in [2.45, 2.75) is 31.7 Å². The van der Waals surface area contributed by atoms with E-state index in [0.29, 0.717) is 0 Å². The molecule has 0 bridgehead atoms. The second-order valence-electron chi connectivity index (χ2n) is 3.56. The molecule has 68 valence electrons. The summed E-state index contributed by atoms with van der Waals surface area (Å²) in [7, 11) is 2.12. The van der Waals surface area contributed by atoms with Crippen LogP contribution in [-0.2, 0) is 0 Å². The van der Waals surface area contributed by atoms with Crippen LogP contribution < -0.4 is 5.73 Å². The lowest BCUT2D eigenvalue weighted by atomic mass is 9.75. The third-order valence-electron chi connectivity index (χ3n) is 2.97. The molecule has 0 aliphatic heterocycles. The third kappa shape index (κ3) is 1.63. The first-order valence-corrected chi connectivity index (χ1v) is 4.56. The fourth-order valence-corrected chi connectivity index (χ4v) is 1.69. The lowest BCUT2D eigenvalue weighted by molar-refractivity contribution is 0.0581. The second kappa shape index (κ2) is 3.93. The molecule has 0 spiro atoms. The van der Waals surface area contributed by atoms with E-state index in [1.165, 1.54) is 19.3 Å². The van der Waals surface area contributed by atoms with Crippen LogP contribution in [0.1, 0.15) is 26.2 Å². The highest BCUT2D eigenvalue weighted by Crippen LogP contribution is 2.35. The van der Waals surface area contributed by atoms with Gasteiger partial charge in [-0.2, -0.15) is 0 Å². The van der Waals surface area contributed by atoms with Crippen molar-refractivity contribution in [2.24, 2.45) is 5.73 Å². The summed E-state index contributed by atoms with van der Waals surface area (Å²) in [6.07, 6.45) is 3.80. The number of hydrogen-bond acceptors (Lipinski definition) is 2. The van der Waals surface area contributed by atoms with Gasteiger partial charge in [0.05, 0.1) is 6.54 Å². The summed E-state index contributed by atoms with van der Waals surface area (Å²) in [4.78, 5) is 2.30. The van der Waals surface area contributed by atoms with E-state index in [1.807, 2.05) is 6.92 Å². The van der Waals surface area contributed by atoms with Crippen LogP contribution in [0.5, 0.6) is 0 Å². The van der Waals surface area contributed by atoms with Crippen LogP contribution in [0.3, 0.4) is 0 Å². The standard InChI is InChI=1S/C10H18N2/c1-3-4-8-12(2)10(9-11)6-5-7-10/h5-9,11H2,1-2H3. The molecule has 1 aliphatic carbocycles. The summed E-state index contributed by atoms with van der Waals surface area (Å²) >= 11 is 0. The van der Waals surface area contributed by atoms with Gasteiger partial charge in [-0.15, -0.1) is 5.92 Å². The molecule has 2 heteroatoms. The summed E-state index contributed by atoms with van der Waals surface area (Å²) in [5.41, 5.74) is 6.03. The minimum absolute atomic E-state index is 0.282. The van der Waals surface area contributed by atoms with Gasteiger partial charge < -0.3 is 5.73 Å². The zero-order valence-electron chi connectivity index (χ0n) is 8.06. The second-order valence-corrected chi connectivity index (χ2v) is 3.56. The van der Waals surface area contributed by atoms with Gasteiger partial charge in [0.1, 0.15) is 0 Å². The third-order valence-corrected chi connectivity index (χ3v) is 2.97. The Morgan fingerprint density at radius 2 is 2.17 bits per heavy atom. The van der Waals surface area contributed by atoms with E-state index in [4.69, 9.17) is 5.73 Å². The molecule has 0 unspecified atom stereocenters. The van der Waals surface area contributed by atoms with Crippen LogP contribution in [0, 0.1) is 11.8 Å². The van der Waals surface area contributed by atoms with Gasteiger partial charge in [0.25, 0.3) is 0 Å². The molecular formula is C10H18N2. The minimum atomic E-state index is 0.282. The number of hydrogen-bond donors (Lipinski definition) is 1. The van der Waals surface area contributed by atoms with Crippen molar-refractivity contribution >= 4 is 0 Å². The predicted octanol–water partition coefficient (Wildman–Crippen LogP) is 0.823. The normalized spacial score (nSPS) is 19.7. The topological polar surface area (TPSA) is 29.3 Å². The Bertz CT molecular complexity index is 190. The monoisotopic (exact) mass is 166 g/mol. The van der Waals surface area contributed by atoms with Crippen molar-refractivity contribution in [3.8, 4) is 11.8 Å². The molecule has 0 aromatic rings. The molecule has 0 saturated heterocycles. The summed E-state index contributed by atoms with van der Waals surface area (Å²) in [5.74, 6) is 5.99. The summed E-state index contributed by atoms with van der Waals surface area (Å²) in [5, 5.41) is 0. The van der Waals surface area contributed by atoms with Crippen molar-refractivity contribution in [2.75, 3.05) is 20.1 Å². The maximum atomic E-state index is 5.75. The van der Waals surface area contributed by atoms with Gasteiger partial charge in [-0.3, -0.25) is 4.90 Å². The van der Waals surface area contributed by atoms with Crippen molar-refractivity contribution in [3.63, 3.8) is 0 Å². The molecule has 0 radical (unpaired) electrons. The molecule has 1 rings (SSSR count). The van der Waals surface area contributed by atoms with Crippen LogP contribution in [-0.4, -0.2) is 30.6 Å². The van der Waals surface area contributed by atoms with E-state index in [1.54, 1.807) is 0 Å². The highest BCUT2D eigenvalue weighted by Gasteiger charge is 2.38. The molecule has 0 aromatic heterocycles. The average molecular weight is 166 g/mol. The lowest BCUT2D eigenvalue weighted by Gasteiger charge is -2.47. The average Bonchev–Trinajstić information content (AvgIpc) is 2.00. The van der Waals surface area contributed by atoms with Crippen molar-refractivity contribution in [3.05, 3.63) is 0 Å². The molecule has 1 saturated carbocycles. The first-order chi connectivity index (χ1) is 5.75. The fourth-order valence-electron chi connectivity index (χ4n) is 1.69. The number of likely N-dealkylation sites (N-methyl/N-ethyl adjacent to an activating group) is 1. The summed E-state index contributed by atoms with van der Waals surface area (Å²) in [6.45, 7) is 3.51. The molecule has 1 fully saturated rings. The molecule has 12 heavy (non-hydrogen) atoms.